The molecule has 2 nitrogen and oxygen atoms in total. The van der Waals surface area contributed by atoms with E-state index >= 15 is 0 Å². The molecule has 1 heterocycles. The number of nitrogens with zero attached hydrogens (tertiary/aromatic N) is 1. The highest BCUT2D eigenvalue weighted by Gasteiger charge is 2.27. The van der Waals surface area contributed by atoms with Crippen molar-refractivity contribution in [3.63, 3.8) is 0 Å². The van der Waals surface area contributed by atoms with Gasteiger partial charge >= 0.3 is 0 Å². The molecule has 0 unspecified atom stereocenters. The summed E-state index contributed by atoms with van der Waals surface area (Å²) in [4.78, 5) is 2.65. The summed E-state index contributed by atoms with van der Waals surface area (Å²) in [6.45, 7) is 7.95. The molecular weight excluding hydrogens is 330 g/mol. The molecule has 0 aromatic heterocycles. The second kappa shape index (κ2) is 8.16. The van der Waals surface area contributed by atoms with Crippen molar-refractivity contribution >= 4 is 0 Å². The minimum Gasteiger partial charge on any atom is -0.388 e. The highest BCUT2D eigenvalue weighted by Crippen LogP contribution is 2.35. The zero-order chi connectivity index (χ0) is 18.8. The van der Waals surface area contributed by atoms with Gasteiger partial charge in [-0.2, -0.15) is 0 Å². The van der Waals surface area contributed by atoms with E-state index in [-0.39, 0.29) is 6.10 Å². The number of aliphatic hydroxyl groups excluding tert-OH is 1. The van der Waals surface area contributed by atoms with Crippen molar-refractivity contribution in [2.75, 3.05) is 19.6 Å². The molecule has 0 spiro atoms. The fraction of sp³-hybridized carbons (Fsp3) is 0.520. The molecular formula is C25H33NO. The lowest BCUT2D eigenvalue weighted by atomic mass is 9.86. The topological polar surface area (TPSA) is 23.5 Å². The van der Waals surface area contributed by atoms with Crippen molar-refractivity contribution in [2.24, 2.45) is 5.92 Å². The van der Waals surface area contributed by atoms with Crippen LogP contribution in [0.4, 0.5) is 0 Å². The van der Waals surface area contributed by atoms with Gasteiger partial charge in [-0.3, -0.25) is 0 Å². The number of piperidine rings is 1. The van der Waals surface area contributed by atoms with E-state index in [1.54, 1.807) is 5.56 Å². The molecule has 2 aromatic carbocycles. The normalized spacial score (nSPS) is 24.4. The van der Waals surface area contributed by atoms with Crippen LogP contribution in [0.2, 0.25) is 0 Å². The Morgan fingerprint density at radius 2 is 1.59 bits per heavy atom. The highest BCUT2D eigenvalue weighted by atomic mass is 16.3. The van der Waals surface area contributed by atoms with E-state index in [4.69, 9.17) is 0 Å². The number of aryl methyl sites for hydroxylation is 2. The van der Waals surface area contributed by atoms with Crippen molar-refractivity contribution in [1.82, 2.24) is 4.90 Å². The molecule has 1 N–H and O–H groups in total. The maximum atomic E-state index is 10.8. The third kappa shape index (κ3) is 4.12. The van der Waals surface area contributed by atoms with E-state index in [1.165, 1.54) is 54.6 Å². The highest BCUT2D eigenvalue weighted by molar-refractivity contribution is 5.37. The average molecular weight is 364 g/mol. The van der Waals surface area contributed by atoms with Gasteiger partial charge in [-0.1, -0.05) is 42.5 Å². The third-order valence-corrected chi connectivity index (χ3v) is 6.90. The number of hydrogen-bond acceptors (Lipinski definition) is 2. The zero-order valence-corrected chi connectivity index (χ0v) is 16.8. The van der Waals surface area contributed by atoms with Crippen LogP contribution in [0.15, 0.2) is 42.5 Å². The monoisotopic (exact) mass is 363 g/mol. The lowest BCUT2D eigenvalue weighted by Crippen LogP contribution is -2.37. The Labute approximate surface area is 164 Å². The Morgan fingerprint density at radius 3 is 2.37 bits per heavy atom. The van der Waals surface area contributed by atoms with Crippen LogP contribution in [0.1, 0.15) is 65.5 Å². The summed E-state index contributed by atoms with van der Waals surface area (Å²) < 4.78 is 0. The Bertz CT molecular complexity index is 776. The first-order chi connectivity index (χ1) is 13.1. The Balaban J connectivity index is 1.35. The summed E-state index contributed by atoms with van der Waals surface area (Å²) in [6, 6.07) is 15.3. The molecule has 4 rings (SSSR count). The predicted octanol–water partition coefficient (Wildman–Crippen LogP) is 5.17. The smallest absolute Gasteiger partial charge is 0.0795 e. The quantitative estimate of drug-likeness (QED) is 0.761. The summed E-state index contributed by atoms with van der Waals surface area (Å²) in [7, 11) is 0. The van der Waals surface area contributed by atoms with Gasteiger partial charge in [0.25, 0.3) is 0 Å². The number of hydrogen-bond donors (Lipinski definition) is 1. The molecule has 0 bridgehead atoms. The Hall–Kier alpha value is -1.64. The number of rotatable bonds is 3. The third-order valence-electron chi connectivity index (χ3n) is 6.90. The summed E-state index contributed by atoms with van der Waals surface area (Å²) in [5.41, 5.74) is 6.90. The van der Waals surface area contributed by atoms with Crippen molar-refractivity contribution in [1.29, 1.82) is 0 Å². The van der Waals surface area contributed by atoms with Crippen LogP contribution in [-0.2, 0) is 6.42 Å². The SMILES string of the molecule is Cc1ccccc1C1CCN(C[C@H]2CCc3c(C)cccc3[C@@H](O)C2)CC1. The molecule has 1 aliphatic carbocycles. The fourth-order valence-electron chi connectivity index (χ4n) is 5.29. The Morgan fingerprint density at radius 1 is 0.889 bits per heavy atom. The van der Waals surface area contributed by atoms with Crippen molar-refractivity contribution in [2.45, 2.75) is 58.0 Å². The zero-order valence-electron chi connectivity index (χ0n) is 16.8. The van der Waals surface area contributed by atoms with Gasteiger partial charge in [0.1, 0.15) is 0 Å². The van der Waals surface area contributed by atoms with Crippen LogP contribution in [0.25, 0.3) is 0 Å². The van der Waals surface area contributed by atoms with Crippen molar-refractivity contribution in [3.05, 3.63) is 70.3 Å². The van der Waals surface area contributed by atoms with E-state index in [0.717, 1.165) is 19.4 Å². The van der Waals surface area contributed by atoms with E-state index in [0.29, 0.717) is 11.8 Å². The summed E-state index contributed by atoms with van der Waals surface area (Å²) in [5, 5.41) is 10.8. The molecule has 0 saturated carbocycles. The maximum Gasteiger partial charge on any atom is 0.0795 e. The van der Waals surface area contributed by atoms with Crippen LogP contribution in [-0.4, -0.2) is 29.6 Å². The van der Waals surface area contributed by atoms with Gasteiger partial charge in [0.15, 0.2) is 0 Å². The molecule has 2 heteroatoms. The van der Waals surface area contributed by atoms with Crippen LogP contribution in [0.5, 0.6) is 0 Å². The summed E-state index contributed by atoms with van der Waals surface area (Å²) in [5.74, 6) is 1.32. The number of likely N-dealkylation sites (tertiary alicyclic amines) is 1. The molecule has 2 aliphatic rings. The van der Waals surface area contributed by atoms with Crippen LogP contribution in [0.3, 0.4) is 0 Å². The predicted molar refractivity (Wildman–Crippen MR) is 112 cm³/mol. The molecule has 1 saturated heterocycles. The summed E-state index contributed by atoms with van der Waals surface area (Å²) >= 11 is 0. The number of aliphatic hydroxyl groups is 1. The van der Waals surface area contributed by atoms with Crippen LogP contribution < -0.4 is 0 Å². The molecule has 2 atom stereocenters. The minimum absolute atomic E-state index is 0.295. The lowest BCUT2D eigenvalue weighted by molar-refractivity contribution is 0.117. The lowest BCUT2D eigenvalue weighted by Gasteiger charge is -2.35. The Kier molecular flexibility index (Phi) is 5.66. The van der Waals surface area contributed by atoms with Gasteiger partial charge in [0, 0.05) is 6.54 Å². The molecule has 0 radical (unpaired) electrons. The van der Waals surface area contributed by atoms with E-state index in [2.05, 4.69) is 61.2 Å². The first kappa shape index (κ1) is 18.7. The van der Waals surface area contributed by atoms with Gasteiger partial charge in [-0.05, 0) is 98.7 Å². The van der Waals surface area contributed by atoms with E-state index < -0.39 is 0 Å². The standard InChI is InChI=1S/C25H33NO/c1-18-6-3-4-8-22(18)21-12-14-26(15-13-21)17-20-10-11-23-19(2)7-5-9-24(23)25(27)16-20/h3-9,20-21,25,27H,10-17H2,1-2H3/t20-,25-/m0/s1. The molecule has 144 valence electrons. The first-order valence-electron chi connectivity index (χ1n) is 10.7. The largest absolute Gasteiger partial charge is 0.388 e. The number of benzene rings is 2. The first-order valence-corrected chi connectivity index (χ1v) is 10.7. The van der Waals surface area contributed by atoms with Gasteiger partial charge in [-0.25, -0.2) is 0 Å². The minimum atomic E-state index is -0.295. The second-order valence-corrected chi connectivity index (χ2v) is 8.73. The fourth-order valence-corrected chi connectivity index (χ4v) is 5.29. The number of fused-ring (bicyclic) bond motifs is 1. The molecule has 27 heavy (non-hydrogen) atoms. The van der Waals surface area contributed by atoms with Crippen LogP contribution >= 0.6 is 0 Å². The molecule has 0 amide bonds. The average Bonchev–Trinajstić information content (AvgIpc) is 2.83. The summed E-state index contributed by atoms with van der Waals surface area (Å²) in [6.07, 6.45) is 5.46. The van der Waals surface area contributed by atoms with Crippen molar-refractivity contribution < 1.29 is 5.11 Å². The van der Waals surface area contributed by atoms with Crippen LogP contribution in [0, 0.1) is 19.8 Å². The van der Waals surface area contributed by atoms with E-state index in [9.17, 15) is 5.11 Å². The molecule has 1 aliphatic heterocycles. The van der Waals surface area contributed by atoms with E-state index in [1.807, 2.05) is 0 Å². The van der Waals surface area contributed by atoms with Gasteiger partial charge in [0.05, 0.1) is 6.10 Å². The van der Waals surface area contributed by atoms with Gasteiger partial charge < -0.3 is 10.0 Å². The van der Waals surface area contributed by atoms with Gasteiger partial charge in [-0.15, -0.1) is 0 Å². The molecule has 2 aromatic rings. The van der Waals surface area contributed by atoms with Gasteiger partial charge in [0.2, 0.25) is 0 Å². The molecule has 1 fully saturated rings. The van der Waals surface area contributed by atoms with Crippen molar-refractivity contribution in [3.8, 4) is 0 Å². The second-order valence-electron chi connectivity index (χ2n) is 8.73. The maximum absolute atomic E-state index is 10.8.